The highest BCUT2D eigenvalue weighted by Gasteiger charge is 1.96. The molecule has 1 heteroatoms. The molecule has 1 aliphatic heterocycles. The minimum atomic E-state index is 1.12. The maximum absolute atomic E-state index is 3.76. The maximum Gasteiger partial charge on any atom is 0.111 e. The molecule has 0 unspecified atom stereocenters. The van der Waals surface area contributed by atoms with Crippen LogP contribution < -0.4 is 0 Å². The zero-order valence-corrected chi connectivity index (χ0v) is 3.86. The molecular weight excluding hydrogens is 74.1 g/mol. The molecule has 0 fully saturated rings. The summed E-state index contributed by atoms with van der Waals surface area (Å²) < 4.78 is 0. The average molecular weight is 81.1 g/mol. The van der Waals surface area contributed by atoms with Crippen molar-refractivity contribution in [3.8, 4) is 0 Å². The maximum atomic E-state index is 3.76. The Hall–Kier alpha value is -0.550. The third kappa shape index (κ3) is 0.697. The lowest BCUT2D eigenvalue weighted by Crippen LogP contribution is -1.61. The van der Waals surface area contributed by atoms with Crippen LogP contribution in [-0.4, -0.2) is 5.87 Å². The second-order valence-corrected chi connectivity index (χ2v) is 1.42. The molecule has 0 amide bonds. The normalized spacial score (nSPS) is 14.5. The summed E-state index contributed by atoms with van der Waals surface area (Å²) in [7, 11) is 0. The average Bonchev–Trinajstić information content (AvgIpc) is 2.21. The first-order valence-corrected chi connectivity index (χ1v) is 2.26. The first kappa shape index (κ1) is 3.63. The summed E-state index contributed by atoms with van der Waals surface area (Å²) in [4.78, 5) is 3.76. The van der Waals surface area contributed by atoms with Gasteiger partial charge in [0.2, 0.25) is 0 Å². The molecular formula is C5H7N. The van der Waals surface area contributed by atoms with E-state index in [1.54, 1.807) is 0 Å². The van der Waals surface area contributed by atoms with E-state index in [4.69, 9.17) is 0 Å². The molecule has 0 aliphatic carbocycles. The van der Waals surface area contributed by atoms with E-state index >= 15 is 0 Å². The van der Waals surface area contributed by atoms with Crippen LogP contribution in [0.1, 0.15) is 19.8 Å². The zero-order valence-electron chi connectivity index (χ0n) is 3.86. The molecule has 0 spiro atoms. The number of aliphatic imine (C=N–C) groups is 1. The van der Waals surface area contributed by atoms with E-state index in [0.29, 0.717) is 0 Å². The van der Waals surface area contributed by atoms with E-state index in [2.05, 4.69) is 17.8 Å². The van der Waals surface area contributed by atoms with E-state index in [-0.39, 0.29) is 0 Å². The first-order valence-electron chi connectivity index (χ1n) is 2.26. The Labute approximate surface area is 37.4 Å². The topological polar surface area (TPSA) is 12.4 Å². The van der Waals surface area contributed by atoms with E-state index < -0.39 is 0 Å². The van der Waals surface area contributed by atoms with Crippen molar-refractivity contribution in [1.29, 1.82) is 0 Å². The van der Waals surface area contributed by atoms with Crippen molar-refractivity contribution in [2.24, 2.45) is 4.99 Å². The van der Waals surface area contributed by atoms with Gasteiger partial charge in [0.25, 0.3) is 0 Å². The lowest BCUT2D eigenvalue weighted by Gasteiger charge is -1.75. The highest BCUT2D eigenvalue weighted by molar-refractivity contribution is 5.71. The number of nitrogens with zero attached hydrogens (tertiary/aromatic N) is 1. The summed E-state index contributed by atoms with van der Waals surface area (Å²) in [6, 6.07) is 0. The van der Waals surface area contributed by atoms with Gasteiger partial charge in [-0.3, -0.25) is 0 Å². The minimum Gasteiger partial charge on any atom is -0.199 e. The fourth-order valence-corrected chi connectivity index (χ4v) is 0.388. The van der Waals surface area contributed by atoms with Crippen LogP contribution in [0.3, 0.4) is 0 Å². The molecule has 1 aliphatic rings. The molecule has 0 aromatic rings. The highest BCUT2D eigenvalue weighted by atomic mass is 14.8. The van der Waals surface area contributed by atoms with Gasteiger partial charge in [0.05, 0.1) is 0 Å². The molecule has 0 atom stereocenters. The molecule has 1 rings (SSSR count). The summed E-state index contributed by atoms with van der Waals surface area (Å²) in [5.41, 5.74) is 1.16. The van der Waals surface area contributed by atoms with Crippen molar-refractivity contribution in [1.82, 2.24) is 0 Å². The van der Waals surface area contributed by atoms with Crippen molar-refractivity contribution in [2.45, 2.75) is 19.8 Å². The lowest BCUT2D eigenvalue weighted by atomic mass is 10.3. The van der Waals surface area contributed by atoms with E-state index in [1.807, 2.05) is 0 Å². The summed E-state index contributed by atoms with van der Waals surface area (Å²) in [6.07, 6.45) is 2.33. The second-order valence-electron chi connectivity index (χ2n) is 1.42. The van der Waals surface area contributed by atoms with Crippen LogP contribution in [-0.2, 0) is 0 Å². The van der Waals surface area contributed by atoms with Gasteiger partial charge in [0, 0.05) is 5.87 Å². The molecule has 0 aromatic carbocycles. The largest absolute Gasteiger partial charge is 0.199 e. The monoisotopic (exact) mass is 81.1 g/mol. The van der Waals surface area contributed by atoms with Crippen molar-refractivity contribution in [2.75, 3.05) is 0 Å². The Kier molecular flexibility index (Phi) is 0.771. The molecule has 32 valence electrons. The standard InChI is InChI=1S/C5H7N/c1-2-3-5-4-6-5/h2-3H2,1H3. The molecule has 0 bridgehead atoms. The zero-order chi connectivity index (χ0) is 4.41. The molecule has 1 heterocycles. The predicted molar refractivity (Wildman–Crippen MR) is 25.9 cm³/mol. The molecule has 0 saturated carbocycles. The highest BCUT2D eigenvalue weighted by Crippen LogP contribution is 2.07. The van der Waals surface area contributed by atoms with E-state index in [1.165, 1.54) is 6.42 Å². The summed E-state index contributed by atoms with van der Waals surface area (Å²) in [6.45, 7) is 2.14. The van der Waals surface area contributed by atoms with Crippen LogP contribution in [0.15, 0.2) is 10.7 Å². The van der Waals surface area contributed by atoms with E-state index in [0.717, 1.165) is 12.1 Å². The molecule has 0 radical (unpaired) electrons. The predicted octanol–water partition coefficient (Wildman–Crippen LogP) is 1.35. The van der Waals surface area contributed by atoms with Gasteiger partial charge in [-0.2, -0.15) is 4.99 Å². The van der Waals surface area contributed by atoms with Gasteiger partial charge in [-0.25, -0.2) is 0 Å². The van der Waals surface area contributed by atoms with Crippen LogP contribution in [0.4, 0.5) is 0 Å². The number of hydrogen-bond acceptors (Lipinski definition) is 1. The Morgan fingerprint density at radius 1 is 1.83 bits per heavy atom. The second kappa shape index (κ2) is 1.27. The lowest BCUT2D eigenvalue weighted by molar-refractivity contribution is 0.924. The molecule has 6 heavy (non-hydrogen) atoms. The summed E-state index contributed by atoms with van der Waals surface area (Å²) in [5, 5.41) is 0. The Morgan fingerprint density at radius 3 is 2.67 bits per heavy atom. The van der Waals surface area contributed by atoms with Gasteiger partial charge in [0.1, 0.15) is 5.70 Å². The SMILES string of the molecule is CCCC1=C=N1. The molecule has 0 N–H and O–H groups in total. The van der Waals surface area contributed by atoms with Gasteiger partial charge in [-0.1, -0.05) is 6.92 Å². The van der Waals surface area contributed by atoms with Gasteiger partial charge in [-0.05, 0) is 12.8 Å². The number of hydrogen-bond donors (Lipinski definition) is 0. The van der Waals surface area contributed by atoms with Crippen molar-refractivity contribution in [3.63, 3.8) is 0 Å². The van der Waals surface area contributed by atoms with Crippen LogP contribution in [0, 0.1) is 0 Å². The molecule has 0 aromatic heterocycles. The summed E-state index contributed by atoms with van der Waals surface area (Å²) in [5.74, 6) is 2.78. The van der Waals surface area contributed by atoms with Crippen molar-refractivity contribution < 1.29 is 0 Å². The smallest absolute Gasteiger partial charge is 0.111 e. The third-order valence-corrected chi connectivity index (χ3v) is 0.757. The minimum absolute atomic E-state index is 1.12. The van der Waals surface area contributed by atoms with Gasteiger partial charge >= 0.3 is 0 Å². The summed E-state index contributed by atoms with van der Waals surface area (Å²) >= 11 is 0. The number of allylic oxidation sites excluding steroid dienone is 1. The Bertz CT molecular complexity index is 107. The van der Waals surface area contributed by atoms with Gasteiger partial charge < -0.3 is 0 Å². The molecule has 0 saturated heterocycles. The molecule has 1 nitrogen and oxygen atoms in total. The fourth-order valence-electron chi connectivity index (χ4n) is 0.388. The van der Waals surface area contributed by atoms with Crippen LogP contribution in [0.5, 0.6) is 0 Å². The Balaban J connectivity index is 2.05. The van der Waals surface area contributed by atoms with Gasteiger partial charge in [-0.15, -0.1) is 0 Å². The Morgan fingerprint density at radius 2 is 2.50 bits per heavy atom. The van der Waals surface area contributed by atoms with Crippen LogP contribution in [0.25, 0.3) is 0 Å². The third-order valence-electron chi connectivity index (χ3n) is 0.757. The van der Waals surface area contributed by atoms with Crippen molar-refractivity contribution >= 4 is 5.87 Å². The first-order chi connectivity index (χ1) is 2.93. The van der Waals surface area contributed by atoms with Crippen LogP contribution in [0.2, 0.25) is 0 Å². The van der Waals surface area contributed by atoms with Crippen LogP contribution >= 0.6 is 0 Å². The van der Waals surface area contributed by atoms with Gasteiger partial charge in [0.15, 0.2) is 0 Å². The quantitative estimate of drug-likeness (QED) is 0.476. The van der Waals surface area contributed by atoms with Crippen molar-refractivity contribution in [3.05, 3.63) is 5.70 Å². The number of rotatable bonds is 2. The fraction of sp³-hybridized carbons (Fsp3) is 0.600. The van der Waals surface area contributed by atoms with E-state index in [9.17, 15) is 0 Å².